The van der Waals surface area contributed by atoms with E-state index in [0.717, 1.165) is 40.9 Å². The average molecular weight is 417 g/mol. The molecule has 0 radical (unpaired) electrons. The van der Waals surface area contributed by atoms with Gasteiger partial charge in [0.2, 0.25) is 10.0 Å². The molecule has 4 rings (SSSR count). The summed E-state index contributed by atoms with van der Waals surface area (Å²) in [7, 11) is -3.80. The van der Waals surface area contributed by atoms with Crippen LogP contribution < -0.4 is 4.72 Å². The lowest BCUT2D eigenvalue weighted by Crippen LogP contribution is -2.30. The topological polar surface area (TPSA) is 87.7 Å². The van der Waals surface area contributed by atoms with Gasteiger partial charge in [0.15, 0.2) is 0 Å². The molecule has 3 aromatic rings. The van der Waals surface area contributed by atoms with E-state index >= 15 is 0 Å². The number of hydrogen-bond donors (Lipinski definition) is 2. The van der Waals surface area contributed by atoms with Crippen LogP contribution in [0.15, 0.2) is 47.6 Å². The van der Waals surface area contributed by atoms with Crippen molar-refractivity contribution < 1.29 is 8.42 Å². The van der Waals surface area contributed by atoms with Crippen molar-refractivity contribution in [2.45, 2.75) is 37.6 Å². The third-order valence-corrected chi connectivity index (χ3v) is 6.92. The SMILES string of the molecule is Cc1ccnc(C(NS(=O)(=O)c2ccc(-c3cn[nH]c3C)cc2Cl)C2CC2)c1. The molecule has 1 unspecified atom stereocenters. The number of aromatic amines is 1. The van der Waals surface area contributed by atoms with Crippen molar-refractivity contribution >= 4 is 21.6 Å². The molecular formula is C20H21ClN4O2S. The summed E-state index contributed by atoms with van der Waals surface area (Å²) >= 11 is 6.37. The van der Waals surface area contributed by atoms with Crippen molar-refractivity contribution in [3.8, 4) is 11.1 Å². The third-order valence-electron chi connectivity index (χ3n) is 4.99. The highest BCUT2D eigenvalue weighted by molar-refractivity contribution is 7.89. The molecular weight excluding hydrogens is 396 g/mol. The quantitative estimate of drug-likeness (QED) is 0.631. The molecule has 1 saturated carbocycles. The van der Waals surface area contributed by atoms with Crippen LogP contribution in [0.2, 0.25) is 5.02 Å². The first-order valence-corrected chi connectivity index (χ1v) is 11.0. The van der Waals surface area contributed by atoms with Gasteiger partial charge in [0.25, 0.3) is 0 Å². The number of pyridine rings is 1. The van der Waals surface area contributed by atoms with Gasteiger partial charge in [-0.1, -0.05) is 17.7 Å². The van der Waals surface area contributed by atoms with Gasteiger partial charge in [-0.25, -0.2) is 13.1 Å². The number of nitrogens with zero attached hydrogens (tertiary/aromatic N) is 2. The van der Waals surface area contributed by atoms with E-state index in [-0.39, 0.29) is 21.9 Å². The number of halogens is 1. The second kappa shape index (κ2) is 7.31. The number of nitrogens with one attached hydrogen (secondary N) is 2. The van der Waals surface area contributed by atoms with E-state index in [1.807, 2.05) is 26.0 Å². The lowest BCUT2D eigenvalue weighted by atomic mass is 10.1. The lowest BCUT2D eigenvalue weighted by molar-refractivity contribution is 0.521. The maximum atomic E-state index is 13.1. The van der Waals surface area contributed by atoms with E-state index < -0.39 is 10.0 Å². The summed E-state index contributed by atoms with van der Waals surface area (Å²) in [5.41, 5.74) is 4.39. The summed E-state index contributed by atoms with van der Waals surface area (Å²) in [5, 5.41) is 7.05. The highest BCUT2D eigenvalue weighted by Crippen LogP contribution is 2.41. The fourth-order valence-corrected chi connectivity index (χ4v) is 5.14. The van der Waals surface area contributed by atoms with Crippen molar-refractivity contribution in [1.29, 1.82) is 0 Å². The van der Waals surface area contributed by atoms with E-state index in [1.165, 1.54) is 0 Å². The minimum Gasteiger partial charge on any atom is -0.282 e. The van der Waals surface area contributed by atoms with Gasteiger partial charge in [-0.05, 0) is 68.0 Å². The van der Waals surface area contributed by atoms with Crippen LogP contribution in [0.1, 0.15) is 35.8 Å². The molecule has 1 aromatic carbocycles. The Kier molecular flexibility index (Phi) is 4.99. The van der Waals surface area contributed by atoms with Crippen LogP contribution in [0.5, 0.6) is 0 Å². The molecule has 8 heteroatoms. The number of rotatable bonds is 6. The molecule has 0 aliphatic heterocycles. The molecule has 0 bridgehead atoms. The van der Waals surface area contributed by atoms with Crippen LogP contribution in [-0.4, -0.2) is 23.6 Å². The third kappa shape index (κ3) is 3.83. The normalized spacial score (nSPS) is 15.5. The molecule has 1 aliphatic rings. The molecule has 28 heavy (non-hydrogen) atoms. The predicted molar refractivity (Wildman–Crippen MR) is 109 cm³/mol. The fourth-order valence-electron chi connectivity index (χ4n) is 3.32. The summed E-state index contributed by atoms with van der Waals surface area (Å²) in [6, 6.07) is 8.42. The minimum absolute atomic E-state index is 0.0670. The summed E-state index contributed by atoms with van der Waals surface area (Å²) in [6.45, 7) is 3.87. The van der Waals surface area contributed by atoms with Gasteiger partial charge in [-0.3, -0.25) is 10.1 Å². The molecule has 1 fully saturated rings. The van der Waals surface area contributed by atoms with E-state index in [4.69, 9.17) is 11.6 Å². The summed E-state index contributed by atoms with van der Waals surface area (Å²) in [4.78, 5) is 4.46. The van der Waals surface area contributed by atoms with E-state index in [9.17, 15) is 8.42 Å². The van der Waals surface area contributed by atoms with Crippen molar-refractivity contribution in [3.63, 3.8) is 0 Å². The second-order valence-electron chi connectivity index (χ2n) is 7.25. The molecule has 2 heterocycles. The summed E-state index contributed by atoms with van der Waals surface area (Å²) in [5.74, 6) is 0.260. The zero-order valence-corrected chi connectivity index (χ0v) is 17.2. The first-order chi connectivity index (χ1) is 13.3. The van der Waals surface area contributed by atoms with Gasteiger partial charge in [0, 0.05) is 17.5 Å². The van der Waals surface area contributed by atoms with Crippen molar-refractivity contribution in [3.05, 3.63) is 64.7 Å². The number of H-pyrrole nitrogens is 1. The predicted octanol–water partition coefficient (Wildman–Crippen LogP) is 4.17. The first kappa shape index (κ1) is 19.1. The number of aromatic nitrogens is 3. The standard InChI is InChI=1S/C20H21ClN4O2S/c1-12-7-8-22-18(9-12)20(14-3-4-14)25-28(26,27)19-6-5-15(10-17(19)21)16-11-23-24-13(16)2/h5-11,14,20,25H,3-4H2,1-2H3,(H,23,24). The van der Waals surface area contributed by atoms with Crippen molar-refractivity contribution in [2.75, 3.05) is 0 Å². The molecule has 6 nitrogen and oxygen atoms in total. The Morgan fingerprint density at radius 1 is 1.21 bits per heavy atom. The molecule has 0 spiro atoms. The maximum Gasteiger partial charge on any atom is 0.242 e. The largest absolute Gasteiger partial charge is 0.282 e. The molecule has 1 atom stereocenters. The summed E-state index contributed by atoms with van der Waals surface area (Å²) < 4.78 is 29.0. The van der Waals surface area contributed by atoms with Crippen LogP contribution in [-0.2, 0) is 10.0 Å². The number of sulfonamides is 1. The highest BCUT2D eigenvalue weighted by atomic mass is 35.5. The van der Waals surface area contributed by atoms with Crippen LogP contribution in [0.3, 0.4) is 0 Å². The number of benzene rings is 1. The van der Waals surface area contributed by atoms with Crippen molar-refractivity contribution in [1.82, 2.24) is 19.9 Å². The van der Waals surface area contributed by atoms with Gasteiger partial charge in [-0.2, -0.15) is 5.10 Å². The number of hydrogen-bond acceptors (Lipinski definition) is 4. The van der Waals surface area contributed by atoms with Gasteiger partial charge >= 0.3 is 0 Å². The molecule has 0 amide bonds. The smallest absolute Gasteiger partial charge is 0.242 e. The van der Waals surface area contributed by atoms with E-state index in [2.05, 4.69) is 19.9 Å². The molecule has 2 N–H and O–H groups in total. The summed E-state index contributed by atoms with van der Waals surface area (Å²) in [6.07, 6.45) is 5.37. The zero-order valence-electron chi connectivity index (χ0n) is 15.6. The first-order valence-electron chi connectivity index (χ1n) is 9.10. The van der Waals surface area contributed by atoms with Gasteiger partial charge in [-0.15, -0.1) is 0 Å². The Bertz CT molecular complexity index is 1120. The van der Waals surface area contributed by atoms with Crippen molar-refractivity contribution in [2.24, 2.45) is 5.92 Å². The molecule has 0 saturated heterocycles. The van der Waals surface area contributed by atoms with Crippen LogP contribution in [0, 0.1) is 19.8 Å². The molecule has 146 valence electrons. The fraction of sp³-hybridized carbons (Fsp3) is 0.300. The Balaban J connectivity index is 1.65. The lowest BCUT2D eigenvalue weighted by Gasteiger charge is -2.19. The van der Waals surface area contributed by atoms with E-state index in [0.29, 0.717) is 0 Å². The Hall–Kier alpha value is -2.22. The Labute approximate surface area is 169 Å². The highest BCUT2D eigenvalue weighted by Gasteiger charge is 2.36. The van der Waals surface area contributed by atoms with Gasteiger partial charge in [0.1, 0.15) is 4.90 Å². The van der Waals surface area contributed by atoms with Crippen LogP contribution >= 0.6 is 11.6 Å². The van der Waals surface area contributed by atoms with Crippen LogP contribution in [0.25, 0.3) is 11.1 Å². The monoisotopic (exact) mass is 416 g/mol. The van der Waals surface area contributed by atoms with Gasteiger partial charge < -0.3 is 0 Å². The zero-order chi connectivity index (χ0) is 19.9. The number of aryl methyl sites for hydroxylation is 2. The average Bonchev–Trinajstić information content (AvgIpc) is 3.40. The maximum absolute atomic E-state index is 13.1. The minimum atomic E-state index is -3.80. The van der Waals surface area contributed by atoms with E-state index in [1.54, 1.807) is 30.6 Å². The second-order valence-corrected chi connectivity index (χ2v) is 9.34. The molecule has 1 aliphatic carbocycles. The van der Waals surface area contributed by atoms with Gasteiger partial charge in [0.05, 0.1) is 23.0 Å². The Morgan fingerprint density at radius 3 is 2.61 bits per heavy atom. The Morgan fingerprint density at radius 2 is 2.00 bits per heavy atom. The molecule has 2 aromatic heterocycles. The van der Waals surface area contributed by atoms with Crippen LogP contribution in [0.4, 0.5) is 0 Å².